The molecule has 1 unspecified atom stereocenters. The average molecular weight is 335 g/mol. The summed E-state index contributed by atoms with van der Waals surface area (Å²) in [6.45, 7) is 3.68. The van der Waals surface area contributed by atoms with Gasteiger partial charge in [-0.15, -0.1) is 0 Å². The zero-order valence-corrected chi connectivity index (χ0v) is 14.5. The van der Waals surface area contributed by atoms with Crippen LogP contribution in [-0.2, 0) is 24.3 Å². The van der Waals surface area contributed by atoms with E-state index in [1.807, 2.05) is 0 Å². The molecule has 130 valence electrons. The van der Waals surface area contributed by atoms with Crippen molar-refractivity contribution in [3.8, 4) is 0 Å². The van der Waals surface area contributed by atoms with Crippen LogP contribution in [0.3, 0.4) is 0 Å². The second-order valence-electron chi connectivity index (χ2n) is 7.04. The molecule has 2 aliphatic rings. The number of rotatable bonds is 5. The van der Waals surface area contributed by atoms with Crippen LogP contribution in [0.5, 0.6) is 0 Å². The van der Waals surface area contributed by atoms with Crippen molar-refractivity contribution in [1.82, 2.24) is 10.6 Å². The first-order chi connectivity index (χ1) is 12.3. The summed E-state index contributed by atoms with van der Waals surface area (Å²) in [5.41, 5.74) is 5.52. The largest absolute Gasteiger partial charge is 0.367 e. The Morgan fingerprint density at radius 3 is 2.76 bits per heavy atom. The van der Waals surface area contributed by atoms with Crippen molar-refractivity contribution in [2.45, 2.75) is 38.4 Å². The van der Waals surface area contributed by atoms with Crippen molar-refractivity contribution < 1.29 is 4.79 Å². The summed E-state index contributed by atoms with van der Waals surface area (Å²) in [6.07, 6.45) is 2.69. The van der Waals surface area contributed by atoms with Gasteiger partial charge in [-0.1, -0.05) is 42.5 Å². The molecule has 2 heterocycles. The van der Waals surface area contributed by atoms with E-state index in [9.17, 15) is 4.79 Å². The molecule has 2 aliphatic heterocycles. The number of anilines is 1. The van der Waals surface area contributed by atoms with Gasteiger partial charge in [0.05, 0.1) is 0 Å². The molecule has 1 fully saturated rings. The molecule has 4 heteroatoms. The van der Waals surface area contributed by atoms with E-state index in [0.717, 1.165) is 39.0 Å². The van der Waals surface area contributed by atoms with Crippen molar-refractivity contribution in [2.75, 3.05) is 18.0 Å². The van der Waals surface area contributed by atoms with Gasteiger partial charge in [0, 0.05) is 44.3 Å². The number of piperidine rings is 1. The van der Waals surface area contributed by atoms with E-state index in [2.05, 4.69) is 64.1 Å². The predicted octanol–water partition coefficient (Wildman–Crippen LogP) is 2.62. The van der Waals surface area contributed by atoms with E-state index in [1.54, 1.807) is 0 Å². The quantitative estimate of drug-likeness (QED) is 0.883. The van der Waals surface area contributed by atoms with Crippen molar-refractivity contribution in [3.63, 3.8) is 0 Å². The highest BCUT2D eigenvalue weighted by molar-refractivity contribution is 5.76. The van der Waals surface area contributed by atoms with E-state index < -0.39 is 0 Å². The summed E-state index contributed by atoms with van der Waals surface area (Å²) in [4.78, 5) is 13.7. The third-order valence-corrected chi connectivity index (χ3v) is 5.21. The minimum Gasteiger partial charge on any atom is -0.367 e. The van der Waals surface area contributed by atoms with Crippen LogP contribution < -0.4 is 15.5 Å². The van der Waals surface area contributed by atoms with Gasteiger partial charge < -0.3 is 15.5 Å². The normalized spacial score (nSPS) is 19.6. The molecule has 0 saturated carbocycles. The number of fused-ring (bicyclic) bond motifs is 1. The van der Waals surface area contributed by atoms with Gasteiger partial charge in [-0.2, -0.15) is 0 Å². The van der Waals surface area contributed by atoms with Gasteiger partial charge in [0.1, 0.15) is 0 Å². The molecule has 4 nitrogen and oxygen atoms in total. The lowest BCUT2D eigenvalue weighted by Gasteiger charge is -2.24. The number of hydrogen-bond acceptors (Lipinski definition) is 3. The first-order valence-electron chi connectivity index (χ1n) is 9.19. The van der Waals surface area contributed by atoms with Crippen LogP contribution >= 0.6 is 0 Å². The van der Waals surface area contributed by atoms with Gasteiger partial charge in [-0.05, 0) is 35.6 Å². The van der Waals surface area contributed by atoms with E-state index in [1.165, 1.54) is 22.4 Å². The molecule has 0 aromatic heterocycles. The minimum absolute atomic E-state index is 0.175. The summed E-state index contributed by atoms with van der Waals surface area (Å²) >= 11 is 0. The van der Waals surface area contributed by atoms with Gasteiger partial charge >= 0.3 is 0 Å². The van der Waals surface area contributed by atoms with Crippen LogP contribution in [0.15, 0.2) is 48.5 Å². The molecule has 25 heavy (non-hydrogen) atoms. The summed E-state index contributed by atoms with van der Waals surface area (Å²) < 4.78 is 0. The first-order valence-corrected chi connectivity index (χ1v) is 9.19. The molecular weight excluding hydrogens is 310 g/mol. The monoisotopic (exact) mass is 335 g/mol. The molecule has 0 bridgehead atoms. The molecular formula is C21H25N3O. The molecule has 1 atom stereocenters. The van der Waals surface area contributed by atoms with E-state index >= 15 is 0 Å². The van der Waals surface area contributed by atoms with Gasteiger partial charge in [0.25, 0.3) is 0 Å². The fourth-order valence-electron chi connectivity index (χ4n) is 3.77. The van der Waals surface area contributed by atoms with E-state index in [-0.39, 0.29) is 5.91 Å². The molecule has 0 aliphatic carbocycles. The maximum absolute atomic E-state index is 11.2. The highest BCUT2D eigenvalue weighted by atomic mass is 16.1. The predicted molar refractivity (Wildman–Crippen MR) is 101 cm³/mol. The van der Waals surface area contributed by atoms with Crippen LogP contribution in [-0.4, -0.2) is 25.0 Å². The molecule has 0 radical (unpaired) electrons. The number of nitrogens with zero attached hydrogens (tertiary/aromatic N) is 1. The smallest absolute Gasteiger partial charge is 0.220 e. The topological polar surface area (TPSA) is 44.4 Å². The van der Waals surface area contributed by atoms with Crippen LogP contribution in [0.4, 0.5) is 5.69 Å². The van der Waals surface area contributed by atoms with Gasteiger partial charge in [0.15, 0.2) is 0 Å². The maximum atomic E-state index is 11.2. The van der Waals surface area contributed by atoms with Gasteiger partial charge in [-0.25, -0.2) is 0 Å². The Balaban J connectivity index is 1.37. The number of amides is 1. The lowest BCUT2D eigenvalue weighted by Crippen LogP contribution is -2.45. The first kappa shape index (κ1) is 16.2. The number of carbonyl (C=O) groups is 1. The second kappa shape index (κ2) is 7.28. The lowest BCUT2D eigenvalue weighted by molar-refractivity contribution is -0.122. The standard InChI is InChI=1S/C21H25N3O/c25-21-9-7-19(14-23-21)22-13-17-6-8-20-18(12-17)10-11-24(20)15-16-4-2-1-3-5-16/h1-6,8,12,19,22H,7,9-11,13-15H2,(H,23,25). The Morgan fingerprint density at radius 2 is 1.96 bits per heavy atom. The third-order valence-electron chi connectivity index (χ3n) is 5.21. The van der Waals surface area contributed by atoms with E-state index in [0.29, 0.717) is 12.5 Å². The molecule has 1 saturated heterocycles. The maximum Gasteiger partial charge on any atom is 0.220 e. The number of nitrogens with one attached hydrogen (secondary N) is 2. The number of hydrogen-bond donors (Lipinski definition) is 2. The third kappa shape index (κ3) is 3.85. The number of carbonyl (C=O) groups excluding carboxylic acids is 1. The molecule has 4 rings (SSSR count). The molecule has 2 aromatic rings. The minimum atomic E-state index is 0.175. The van der Waals surface area contributed by atoms with Crippen LogP contribution in [0.25, 0.3) is 0 Å². The van der Waals surface area contributed by atoms with Crippen molar-refractivity contribution in [1.29, 1.82) is 0 Å². The Hall–Kier alpha value is -2.33. The van der Waals surface area contributed by atoms with Crippen molar-refractivity contribution >= 4 is 11.6 Å². The van der Waals surface area contributed by atoms with Gasteiger partial charge in [-0.3, -0.25) is 4.79 Å². The zero-order valence-electron chi connectivity index (χ0n) is 14.5. The second-order valence-corrected chi connectivity index (χ2v) is 7.04. The lowest BCUT2D eigenvalue weighted by atomic mass is 10.1. The summed E-state index contributed by atoms with van der Waals surface area (Å²) in [7, 11) is 0. The Bertz CT molecular complexity index is 734. The highest BCUT2D eigenvalue weighted by Crippen LogP contribution is 2.30. The summed E-state index contributed by atoms with van der Waals surface area (Å²) in [5.74, 6) is 0.175. The molecule has 2 N–H and O–H groups in total. The van der Waals surface area contributed by atoms with Gasteiger partial charge in [0.2, 0.25) is 5.91 Å². The van der Waals surface area contributed by atoms with E-state index in [4.69, 9.17) is 0 Å². The fraction of sp³-hybridized carbons (Fsp3) is 0.381. The molecule has 2 aromatic carbocycles. The zero-order chi connectivity index (χ0) is 17.1. The van der Waals surface area contributed by atoms with Crippen molar-refractivity contribution in [2.24, 2.45) is 0 Å². The summed E-state index contributed by atoms with van der Waals surface area (Å²) in [6, 6.07) is 17.9. The molecule has 0 spiro atoms. The van der Waals surface area contributed by atoms with Crippen LogP contribution in [0, 0.1) is 0 Å². The Morgan fingerprint density at radius 1 is 1.08 bits per heavy atom. The van der Waals surface area contributed by atoms with Crippen LogP contribution in [0.2, 0.25) is 0 Å². The number of benzene rings is 2. The SMILES string of the molecule is O=C1CCC(NCc2ccc3c(c2)CCN3Cc2ccccc2)CN1. The van der Waals surface area contributed by atoms with Crippen LogP contribution in [0.1, 0.15) is 29.5 Å². The fourth-order valence-corrected chi connectivity index (χ4v) is 3.77. The summed E-state index contributed by atoms with van der Waals surface area (Å²) in [5, 5.41) is 6.50. The van der Waals surface area contributed by atoms with Crippen molar-refractivity contribution in [3.05, 3.63) is 65.2 Å². The highest BCUT2D eigenvalue weighted by Gasteiger charge is 2.20. The Labute approximate surface area is 149 Å². The Kier molecular flexibility index (Phi) is 4.70. The average Bonchev–Trinajstić information content (AvgIpc) is 3.04. The molecule has 1 amide bonds.